The minimum Gasteiger partial charge on any atom is -0.486 e. The first-order valence-electron chi connectivity index (χ1n) is 8.78. The third kappa shape index (κ3) is 4.79. The highest BCUT2D eigenvalue weighted by Crippen LogP contribution is 2.40. The molecule has 25 heavy (non-hydrogen) atoms. The molecule has 1 aliphatic heterocycles. The molecule has 1 heterocycles. The highest BCUT2D eigenvalue weighted by atomic mass is 16.6. The van der Waals surface area contributed by atoms with E-state index in [1.165, 1.54) is 0 Å². The summed E-state index contributed by atoms with van der Waals surface area (Å²) < 4.78 is 11.3. The predicted octanol–water partition coefficient (Wildman–Crippen LogP) is 4.15. The molecule has 1 unspecified atom stereocenters. The number of amides is 1. The lowest BCUT2D eigenvalue weighted by molar-refractivity contribution is 0.0636. The van der Waals surface area contributed by atoms with Crippen LogP contribution in [0.4, 0.5) is 16.2 Å². The molecule has 134 valence electrons. The number of carbonyl (C=O) groups excluding carboxylic acids is 1. The van der Waals surface area contributed by atoms with Crippen molar-refractivity contribution >= 4 is 17.5 Å². The van der Waals surface area contributed by atoms with E-state index < -0.39 is 11.7 Å². The molecule has 0 saturated heterocycles. The van der Waals surface area contributed by atoms with E-state index in [4.69, 9.17) is 9.47 Å². The van der Waals surface area contributed by atoms with Crippen molar-refractivity contribution in [3.63, 3.8) is 0 Å². The Balaban J connectivity index is 1.59. The third-order valence-corrected chi connectivity index (χ3v) is 4.31. The normalized spacial score (nSPS) is 20.3. The maximum atomic E-state index is 11.9. The smallest absolute Gasteiger partial charge is 0.412 e. The quantitative estimate of drug-likeness (QED) is 0.858. The number of benzene rings is 1. The second-order valence-electron chi connectivity index (χ2n) is 7.77. The Morgan fingerprint density at radius 2 is 2.24 bits per heavy atom. The van der Waals surface area contributed by atoms with Crippen LogP contribution in [0.25, 0.3) is 0 Å². The highest BCUT2D eigenvalue weighted by molar-refractivity contribution is 5.86. The summed E-state index contributed by atoms with van der Waals surface area (Å²) in [5.74, 6) is 1.38. The molecule has 1 aromatic carbocycles. The summed E-state index contributed by atoms with van der Waals surface area (Å²) in [5, 5.41) is 15.3. The van der Waals surface area contributed by atoms with Crippen LogP contribution >= 0.6 is 0 Å². The fraction of sp³-hybridized carbons (Fsp3) is 0.579. The van der Waals surface area contributed by atoms with Crippen molar-refractivity contribution < 1.29 is 14.3 Å². The van der Waals surface area contributed by atoms with Gasteiger partial charge in [-0.15, -0.1) is 0 Å². The van der Waals surface area contributed by atoms with Crippen molar-refractivity contribution in [2.45, 2.75) is 51.7 Å². The summed E-state index contributed by atoms with van der Waals surface area (Å²) in [6, 6.07) is 7.87. The Morgan fingerprint density at radius 3 is 2.88 bits per heavy atom. The summed E-state index contributed by atoms with van der Waals surface area (Å²) in [6.45, 7) is 6.13. The van der Waals surface area contributed by atoms with E-state index in [-0.39, 0.29) is 12.0 Å². The van der Waals surface area contributed by atoms with Crippen LogP contribution in [0.3, 0.4) is 0 Å². The molecule has 1 fully saturated rings. The van der Waals surface area contributed by atoms with Crippen LogP contribution < -0.4 is 15.4 Å². The van der Waals surface area contributed by atoms with E-state index in [2.05, 4.69) is 16.7 Å². The molecule has 1 aromatic rings. The number of hydrogen-bond donors (Lipinski definition) is 2. The zero-order valence-electron chi connectivity index (χ0n) is 15.0. The van der Waals surface area contributed by atoms with Gasteiger partial charge in [-0.2, -0.15) is 5.26 Å². The van der Waals surface area contributed by atoms with Gasteiger partial charge < -0.3 is 14.8 Å². The van der Waals surface area contributed by atoms with Crippen molar-refractivity contribution in [2.24, 2.45) is 11.8 Å². The largest absolute Gasteiger partial charge is 0.486 e. The topological polar surface area (TPSA) is 83.4 Å². The highest BCUT2D eigenvalue weighted by Gasteiger charge is 2.34. The van der Waals surface area contributed by atoms with Crippen LogP contribution in [-0.4, -0.2) is 24.3 Å². The summed E-state index contributed by atoms with van der Waals surface area (Å²) in [6.07, 6.45) is 2.60. The third-order valence-electron chi connectivity index (χ3n) is 4.31. The summed E-state index contributed by atoms with van der Waals surface area (Å²) in [4.78, 5) is 11.9. The monoisotopic (exact) mass is 343 g/mol. The number of hydrogen-bond acceptors (Lipinski definition) is 5. The van der Waals surface area contributed by atoms with Crippen LogP contribution in [-0.2, 0) is 4.74 Å². The Kier molecular flexibility index (Phi) is 4.76. The van der Waals surface area contributed by atoms with Gasteiger partial charge in [0.15, 0.2) is 0 Å². The fourth-order valence-electron chi connectivity index (χ4n) is 2.98. The zero-order chi connectivity index (χ0) is 18.0. The molecular weight excluding hydrogens is 318 g/mol. The lowest BCUT2D eigenvalue weighted by Gasteiger charge is -2.29. The van der Waals surface area contributed by atoms with Gasteiger partial charge in [0.05, 0.1) is 24.2 Å². The van der Waals surface area contributed by atoms with E-state index in [9.17, 15) is 10.1 Å². The maximum Gasteiger partial charge on any atom is 0.412 e. The first-order chi connectivity index (χ1) is 11.8. The molecule has 1 amide bonds. The molecule has 0 aromatic heterocycles. The molecule has 2 aliphatic rings. The van der Waals surface area contributed by atoms with Gasteiger partial charge in [0.1, 0.15) is 17.5 Å². The average molecular weight is 343 g/mol. The first kappa shape index (κ1) is 17.4. The standard InChI is InChI=1S/C19H25N3O3/c1-19(2,3)25-18(23)22-14-6-7-17-16(9-14)21-11-15(24-17)8-13(10-20)12-4-5-12/h6-7,9,12-13,15,21H,4-5,8,11H2,1-3H3,(H,22,23)/t13?,15-/m0/s1. The molecule has 0 bridgehead atoms. The van der Waals surface area contributed by atoms with Crippen LogP contribution in [0.15, 0.2) is 18.2 Å². The second kappa shape index (κ2) is 6.83. The van der Waals surface area contributed by atoms with Gasteiger partial charge in [0.2, 0.25) is 0 Å². The Labute approximate surface area is 148 Å². The van der Waals surface area contributed by atoms with E-state index in [0.717, 1.165) is 30.7 Å². The lowest BCUT2D eigenvalue weighted by atomic mass is 9.97. The molecule has 1 aliphatic carbocycles. The number of nitrogens with zero attached hydrogens (tertiary/aromatic N) is 1. The van der Waals surface area contributed by atoms with Crippen LogP contribution in [0.1, 0.15) is 40.0 Å². The predicted molar refractivity (Wildman–Crippen MR) is 95.6 cm³/mol. The van der Waals surface area contributed by atoms with Crippen LogP contribution in [0.2, 0.25) is 0 Å². The number of ether oxygens (including phenoxy) is 2. The Hall–Kier alpha value is -2.42. The summed E-state index contributed by atoms with van der Waals surface area (Å²) in [5.41, 5.74) is 0.950. The van der Waals surface area contributed by atoms with Crippen LogP contribution in [0.5, 0.6) is 5.75 Å². The van der Waals surface area contributed by atoms with Crippen molar-refractivity contribution in [3.05, 3.63) is 18.2 Å². The Bertz CT molecular complexity index is 686. The van der Waals surface area contributed by atoms with Crippen molar-refractivity contribution in [1.29, 1.82) is 5.26 Å². The van der Waals surface area contributed by atoms with Crippen molar-refractivity contribution in [3.8, 4) is 11.8 Å². The maximum absolute atomic E-state index is 11.9. The minimum absolute atomic E-state index is 0.00224. The minimum atomic E-state index is -0.536. The number of rotatable bonds is 4. The summed E-state index contributed by atoms with van der Waals surface area (Å²) in [7, 11) is 0. The number of fused-ring (bicyclic) bond motifs is 1. The van der Waals surface area contributed by atoms with Gasteiger partial charge in [0.25, 0.3) is 0 Å². The molecule has 2 atom stereocenters. The molecule has 6 heteroatoms. The Morgan fingerprint density at radius 1 is 1.48 bits per heavy atom. The molecule has 0 radical (unpaired) electrons. The molecule has 0 spiro atoms. The van der Waals surface area contributed by atoms with E-state index >= 15 is 0 Å². The van der Waals surface area contributed by atoms with Gasteiger partial charge in [-0.05, 0) is 57.7 Å². The average Bonchev–Trinajstić information content (AvgIpc) is 3.35. The van der Waals surface area contributed by atoms with E-state index in [1.807, 2.05) is 32.9 Å². The van der Waals surface area contributed by atoms with Gasteiger partial charge in [-0.1, -0.05) is 0 Å². The lowest BCUT2D eigenvalue weighted by Crippen LogP contribution is -2.33. The van der Waals surface area contributed by atoms with Crippen molar-refractivity contribution in [1.82, 2.24) is 0 Å². The van der Waals surface area contributed by atoms with E-state index in [1.54, 1.807) is 6.07 Å². The number of nitrogens with one attached hydrogen (secondary N) is 2. The van der Waals surface area contributed by atoms with Gasteiger partial charge in [0, 0.05) is 12.1 Å². The van der Waals surface area contributed by atoms with E-state index in [0.29, 0.717) is 18.2 Å². The van der Waals surface area contributed by atoms with Gasteiger partial charge in [-0.25, -0.2) is 4.79 Å². The molecule has 1 saturated carbocycles. The molecule has 6 nitrogen and oxygen atoms in total. The first-order valence-corrected chi connectivity index (χ1v) is 8.78. The van der Waals surface area contributed by atoms with Crippen molar-refractivity contribution in [2.75, 3.05) is 17.2 Å². The molecule has 3 rings (SSSR count). The SMILES string of the molecule is CC(C)(C)OC(=O)Nc1ccc2c(c1)NC[C@H](CC(C#N)C1CC1)O2. The molecular formula is C19H25N3O3. The van der Waals surface area contributed by atoms with Gasteiger partial charge >= 0.3 is 6.09 Å². The van der Waals surface area contributed by atoms with Crippen LogP contribution in [0, 0.1) is 23.2 Å². The fourth-order valence-corrected chi connectivity index (χ4v) is 2.98. The summed E-state index contributed by atoms with van der Waals surface area (Å²) >= 11 is 0. The molecule has 2 N–H and O–H groups in total. The number of carbonyl (C=O) groups is 1. The number of anilines is 2. The number of nitriles is 1. The van der Waals surface area contributed by atoms with Gasteiger partial charge in [-0.3, -0.25) is 5.32 Å². The zero-order valence-corrected chi connectivity index (χ0v) is 15.0. The second-order valence-corrected chi connectivity index (χ2v) is 7.77.